The van der Waals surface area contributed by atoms with Crippen molar-refractivity contribution in [2.45, 2.75) is 32.6 Å². The van der Waals surface area contributed by atoms with E-state index >= 15 is 0 Å². The van der Waals surface area contributed by atoms with Crippen LogP contribution in [-0.2, 0) is 0 Å². The standard InChI is InChI=1S/C14H19BrN2O/c1-14(7-2-3-8-14)9-17-13(18)10-5-4-6-11(16)12(10)15/h4-6H,2-3,7-9,16H2,1H3,(H,17,18). The van der Waals surface area contributed by atoms with Crippen LogP contribution in [0.15, 0.2) is 22.7 Å². The average Bonchev–Trinajstić information content (AvgIpc) is 2.77. The van der Waals surface area contributed by atoms with E-state index in [0.29, 0.717) is 15.7 Å². The van der Waals surface area contributed by atoms with Gasteiger partial charge in [0.25, 0.3) is 5.91 Å². The molecule has 0 radical (unpaired) electrons. The van der Waals surface area contributed by atoms with Gasteiger partial charge in [-0.15, -0.1) is 0 Å². The lowest BCUT2D eigenvalue weighted by atomic mass is 9.89. The van der Waals surface area contributed by atoms with Gasteiger partial charge in [0, 0.05) is 12.2 Å². The molecule has 1 aliphatic rings. The van der Waals surface area contributed by atoms with Crippen molar-refractivity contribution in [1.29, 1.82) is 0 Å². The van der Waals surface area contributed by atoms with E-state index in [1.807, 2.05) is 0 Å². The maximum Gasteiger partial charge on any atom is 0.252 e. The lowest BCUT2D eigenvalue weighted by Gasteiger charge is -2.23. The van der Waals surface area contributed by atoms with Crippen LogP contribution in [0, 0.1) is 5.41 Å². The number of nitrogens with two attached hydrogens (primary N) is 1. The van der Waals surface area contributed by atoms with Crippen LogP contribution in [0.5, 0.6) is 0 Å². The molecular weight excluding hydrogens is 292 g/mol. The van der Waals surface area contributed by atoms with Crippen molar-refractivity contribution in [2.24, 2.45) is 5.41 Å². The minimum atomic E-state index is -0.0534. The number of anilines is 1. The van der Waals surface area contributed by atoms with Gasteiger partial charge in [-0.1, -0.05) is 25.8 Å². The van der Waals surface area contributed by atoms with Crippen LogP contribution in [0.25, 0.3) is 0 Å². The number of rotatable bonds is 3. The summed E-state index contributed by atoms with van der Waals surface area (Å²) in [4.78, 5) is 12.1. The highest BCUT2D eigenvalue weighted by molar-refractivity contribution is 9.10. The number of carbonyl (C=O) groups is 1. The van der Waals surface area contributed by atoms with E-state index in [4.69, 9.17) is 5.73 Å². The van der Waals surface area contributed by atoms with Crippen molar-refractivity contribution in [3.8, 4) is 0 Å². The maximum atomic E-state index is 12.1. The molecule has 1 aromatic rings. The Morgan fingerprint density at radius 2 is 2.11 bits per heavy atom. The average molecular weight is 311 g/mol. The lowest BCUT2D eigenvalue weighted by Crippen LogP contribution is -2.34. The maximum absolute atomic E-state index is 12.1. The molecule has 0 bridgehead atoms. The number of nitrogen functional groups attached to an aromatic ring is 1. The first kappa shape index (κ1) is 13.4. The predicted molar refractivity (Wildman–Crippen MR) is 77.5 cm³/mol. The molecule has 4 heteroatoms. The van der Waals surface area contributed by atoms with Gasteiger partial charge in [0.1, 0.15) is 0 Å². The summed E-state index contributed by atoms with van der Waals surface area (Å²) < 4.78 is 0.680. The van der Waals surface area contributed by atoms with Crippen molar-refractivity contribution >= 4 is 27.5 Å². The zero-order valence-electron chi connectivity index (χ0n) is 10.6. The summed E-state index contributed by atoms with van der Waals surface area (Å²) in [5, 5.41) is 3.02. The number of nitrogens with one attached hydrogen (secondary N) is 1. The highest BCUT2D eigenvalue weighted by Gasteiger charge is 2.29. The van der Waals surface area contributed by atoms with Crippen LogP contribution in [0.2, 0.25) is 0 Å². The Labute approximate surface area is 116 Å². The quantitative estimate of drug-likeness (QED) is 0.841. The molecule has 0 unspecified atom stereocenters. The van der Waals surface area contributed by atoms with Crippen molar-refractivity contribution in [1.82, 2.24) is 5.32 Å². The molecule has 0 saturated heterocycles. The highest BCUT2D eigenvalue weighted by atomic mass is 79.9. The van der Waals surface area contributed by atoms with Crippen molar-refractivity contribution in [3.63, 3.8) is 0 Å². The van der Waals surface area contributed by atoms with E-state index in [1.54, 1.807) is 18.2 Å². The van der Waals surface area contributed by atoms with Gasteiger partial charge in [-0.25, -0.2) is 0 Å². The van der Waals surface area contributed by atoms with E-state index in [0.717, 1.165) is 6.54 Å². The van der Waals surface area contributed by atoms with Gasteiger partial charge in [0.05, 0.1) is 10.0 Å². The van der Waals surface area contributed by atoms with E-state index in [9.17, 15) is 4.79 Å². The monoisotopic (exact) mass is 310 g/mol. The number of hydrogen-bond donors (Lipinski definition) is 2. The van der Waals surface area contributed by atoms with Crippen LogP contribution in [0.4, 0.5) is 5.69 Å². The Balaban J connectivity index is 2.01. The van der Waals surface area contributed by atoms with Gasteiger partial charge in [-0.3, -0.25) is 4.79 Å². The van der Waals surface area contributed by atoms with Gasteiger partial charge in [-0.2, -0.15) is 0 Å². The molecule has 1 aliphatic carbocycles. The molecule has 1 amide bonds. The Morgan fingerprint density at radius 3 is 2.78 bits per heavy atom. The van der Waals surface area contributed by atoms with Crippen molar-refractivity contribution < 1.29 is 4.79 Å². The summed E-state index contributed by atoms with van der Waals surface area (Å²) in [6.45, 7) is 2.99. The number of amides is 1. The van der Waals surface area contributed by atoms with Gasteiger partial charge < -0.3 is 11.1 Å². The first-order valence-electron chi connectivity index (χ1n) is 6.34. The number of hydrogen-bond acceptors (Lipinski definition) is 2. The third-order valence-corrected chi connectivity index (χ3v) is 4.64. The summed E-state index contributed by atoms with van der Waals surface area (Å²) in [5.74, 6) is -0.0534. The van der Waals surface area contributed by atoms with E-state index < -0.39 is 0 Å². The second-order valence-corrected chi connectivity index (χ2v) is 6.20. The summed E-state index contributed by atoms with van der Waals surface area (Å²) >= 11 is 3.36. The fourth-order valence-electron chi connectivity index (χ4n) is 2.52. The molecule has 0 spiro atoms. The fraction of sp³-hybridized carbons (Fsp3) is 0.500. The molecule has 0 aromatic heterocycles. The second kappa shape index (κ2) is 5.31. The molecule has 1 saturated carbocycles. The zero-order chi connectivity index (χ0) is 13.2. The topological polar surface area (TPSA) is 55.1 Å². The van der Waals surface area contributed by atoms with Crippen molar-refractivity contribution in [2.75, 3.05) is 12.3 Å². The summed E-state index contributed by atoms with van der Waals surface area (Å²) in [7, 11) is 0. The van der Waals surface area contributed by atoms with Gasteiger partial charge in [0.15, 0.2) is 0 Å². The van der Waals surface area contributed by atoms with E-state index in [1.165, 1.54) is 25.7 Å². The number of carbonyl (C=O) groups excluding carboxylic acids is 1. The third-order valence-electron chi connectivity index (χ3n) is 3.76. The third kappa shape index (κ3) is 2.86. The fourth-order valence-corrected chi connectivity index (χ4v) is 2.96. The summed E-state index contributed by atoms with van der Waals surface area (Å²) in [6, 6.07) is 5.36. The molecule has 0 heterocycles. The minimum absolute atomic E-state index is 0.0534. The highest BCUT2D eigenvalue weighted by Crippen LogP contribution is 2.36. The molecule has 1 fully saturated rings. The lowest BCUT2D eigenvalue weighted by molar-refractivity contribution is 0.0933. The first-order chi connectivity index (χ1) is 8.52. The Morgan fingerprint density at radius 1 is 1.44 bits per heavy atom. The second-order valence-electron chi connectivity index (χ2n) is 5.41. The molecule has 0 aliphatic heterocycles. The van der Waals surface area contributed by atoms with Crippen LogP contribution >= 0.6 is 15.9 Å². The van der Waals surface area contributed by atoms with E-state index in [-0.39, 0.29) is 11.3 Å². The van der Waals surface area contributed by atoms with E-state index in [2.05, 4.69) is 28.2 Å². The van der Waals surface area contributed by atoms with Gasteiger partial charge >= 0.3 is 0 Å². The molecule has 3 N–H and O–H groups in total. The number of benzene rings is 1. The molecule has 98 valence electrons. The molecule has 3 nitrogen and oxygen atoms in total. The van der Waals surface area contributed by atoms with Gasteiger partial charge in [0.2, 0.25) is 0 Å². The molecule has 18 heavy (non-hydrogen) atoms. The Hall–Kier alpha value is -1.03. The summed E-state index contributed by atoms with van der Waals surface area (Å²) in [5.41, 5.74) is 7.24. The largest absolute Gasteiger partial charge is 0.398 e. The smallest absolute Gasteiger partial charge is 0.252 e. The Bertz CT molecular complexity index is 453. The zero-order valence-corrected chi connectivity index (χ0v) is 12.2. The van der Waals surface area contributed by atoms with Crippen LogP contribution < -0.4 is 11.1 Å². The minimum Gasteiger partial charge on any atom is -0.398 e. The van der Waals surface area contributed by atoms with Crippen LogP contribution in [0.1, 0.15) is 43.0 Å². The molecular formula is C14H19BrN2O. The normalized spacial score (nSPS) is 17.7. The summed E-state index contributed by atoms with van der Waals surface area (Å²) in [6.07, 6.45) is 4.94. The first-order valence-corrected chi connectivity index (χ1v) is 7.13. The SMILES string of the molecule is CC1(CNC(=O)c2cccc(N)c2Br)CCCC1. The van der Waals surface area contributed by atoms with Crippen LogP contribution in [0.3, 0.4) is 0 Å². The van der Waals surface area contributed by atoms with Gasteiger partial charge in [-0.05, 0) is 46.3 Å². The molecule has 0 atom stereocenters. The van der Waals surface area contributed by atoms with Crippen LogP contribution in [-0.4, -0.2) is 12.5 Å². The molecule has 1 aromatic carbocycles. The molecule has 2 rings (SSSR count). The van der Waals surface area contributed by atoms with Crippen molar-refractivity contribution in [3.05, 3.63) is 28.2 Å². The Kier molecular flexibility index (Phi) is 3.95. The number of halogens is 1. The predicted octanol–water partition coefficient (Wildman–Crippen LogP) is 3.34.